The van der Waals surface area contributed by atoms with Gasteiger partial charge in [-0.3, -0.25) is 4.79 Å². The van der Waals surface area contributed by atoms with Gasteiger partial charge in [-0.25, -0.2) is 4.79 Å². The Morgan fingerprint density at radius 1 is 1.20 bits per heavy atom. The number of hydrogen-bond acceptors (Lipinski definition) is 9. The van der Waals surface area contributed by atoms with Crippen molar-refractivity contribution in [3.05, 3.63) is 21.8 Å². The fraction of sp³-hybridized carbons (Fsp3) is 0.400. The first-order valence-electron chi connectivity index (χ1n) is 7.69. The van der Waals surface area contributed by atoms with E-state index in [9.17, 15) is 9.59 Å². The van der Waals surface area contributed by atoms with Crippen LogP contribution in [-0.2, 0) is 16.1 Å². The van der Waals surface area contributed by atoms with Gasteiger partial charge in [-0.15, -0.1) is 11.3 Å². The van der Waals surface area contributed by atoms with Crippen molar-refractivity contribution in [1.82, 2.24) is 15.0 Å². The molecule has 0 aromatic carbocycles. The molecule has 2 aromatic rings. The molecule has 1 saturated carbocycles. The van der Waals surface area contributed by atoms with E-state index in [1.165, 1.54) is 11.3 Å². The number of nitrogens with two attached hydrogens (primary N) is 2. The zero-order valence-corrected chi connectivity index (χ0v) is 14.6. The van der Waals surface area contributed by atoms with Crippen LogP contribution in [-0.4, -0.2) is 26.8 Å². The number of ether oxygens (including phenoxy) is 1. The largest absolute Gasteiger partial charge is 0.454 e. The summed E-state index contributed by atoms with van der Waals surface area (Å²) in [6, 6.07) is 0. The highest BCUT2D eigenvalue weighted by molar-refractivity contribution is 7.16. The molecule has 0 spiro atoms. The Kier molecular flexibility index (Phi) is 4.53. The van der Waals surface area contributed by atoms with Crippen molar-refractivity contribution in [3.8, 4) is 0 Å². The summed E-state index contributed by atoms with van der Waals surface area (Å²) in [6.07, 6.45) is 1.77. The van der Waals surface area contributed by atoms with Gasteiger partial charge >= 0.3 is 5.97 Å². The molecule has 2 heterocycles. The number of rotatable bonds is 5. The normalized spacial score (nSPS) is 13.5. The summed E-state index contributed by atoms with van der Waals surface area (Å²) in [4.78, 5) is 36.8. The minimum absolute atomic E-state index is 0.0431. The number of amides is 1. The van der Waals surface area contributed by atoms with E-state index in [1.807, 2.05) is 13.8 Å². The highest BCUT2D eigenvalue weighted by atomic mass is 32.1. The highest BCUT2D eigenvalue weighted by Crippen LogP contribution is 2.36. The smallest absolute Gasteiger partial charge is 0.341 e. The van der Waals surface area contributed by atoms with Gasteiger partial charge in [0.15, 0.2) is 12.4 Å². The van der Waals surface area contributed by atoms with Crippen molar-refractivity contribution in [2.75, 3.05) is 16.8 Å². The molecule has 3 rings (SSSR count). The molecule has 1 aliphatic carbocycles. The number of nitrogen functional groups attached to an aromatic ring is 2. The number of nitrogens with one attached hydrogen (secondary N) is 1. The van der Waals surface area contributed by atoms with Gasteiger partial charge in [0.25, 0.3) is 0 Å². The molecule has 5 N–H and O–H groups in total. The van der Waals surface area contributed by atoms with Crippen LogP contribution >= 0.6 is 11.3 Å². The summed E-state index contributed by atoms with van der Waals surface area (Å²) in [7, 11) is 0. The first-order chi connectivity index (χ1) is 11.8. The molecule has 10 heteroatoms. The Morgan fingerprint density at radius 3 is 2.44 bits per heavy atom. The monoisotopic (exact) mass is 362 g/mol. The van der Waals surface area contributed by atoms with Crippen molar-refractivity contribution < 1.29 is 14.3 Å². The molecule has 1 aliphatic rings. The Hall–Kier alpha value is -2.75. The highest BCUT2D eigenvalue weighted by Gasteiger charge is 2.31. The lowest BCUT2D eigenvalue weighted by Gasteiger charge is -2.08. The minimum Gasteiger partial charge on any atom is -0.454 e. The molecule has 1 fully saturated rings. The summed E-state index contributed by atoms with van der Waals surface area (Å²) in [5.41, 5.74) is 12.1. The standard InChI is InChI=1S/C15H18N6O3S/c1-6-7(2)25-12(20-11(22)8-3-4-8)10(6)13(23)24-5-9-18-14(16)21-15(17)19-9/h8H,3-5H2,1-2H3,(H,20,22)(H4,16,17,18,19,21). The van der Waals surface area contributed by atoms with E-state index in [1.54, 1.807) is 0 Å². The van der Waals surface area contributed by atoms with Crippen molar-refractivity contribution in [2.24, 2.45) is 5.92 Å². The molecular formula is C15H18N6O3S. The second-order valence-corrected chi connectivity index (χ2v) is 7.02. The second-order valence-electron chi connectivity index (χ2n) is 5.80. The third-order valence-corrected chi connectivity index (χ3v) is 4.95. The number of aryl methyl sites for hydroxylation is 1. The number of nitrogens with zero attached hydrogens (tertiary/aromatic N) is 3. The minimum atomic E-state index is -0.564. The molecule has 0 atom stereocenters. The number of hydrogen-bond donors (Lipinski definition) is 3. The zero-order valence-electron chi connectivity index (χ0n) is 13.8. The van der Waals surface area contributed by atoms with Crippen LogP contribution in [0.5, 0.6) is 0 Å². The van der Waals surface area contributed by atoms with Crippen LogP contribution in [0, 0.1) is 19.8 Å². The third-order valence-electron chi connectivity index (χ3n) is 3.82. The number of anilines is 3. The van der Waals surface area contributed by atoms with Crippen LogP contribution in [0.25, 0.3) is 0 Å². The summed E-state index contributed by atoms with van der Waals surface area (Å²) >= 11 is 1.36. The SMILES string of the molecule is Cc1sc(NC(=O)C2CC2)c(C(=O)OCc2nc(N)nc(N)n2)c1C. The van der Waals surface area contributed by atoms with E-state index in [0.717, 1.165) is 23.3 Å². The maximum atomic E-state index is 12.5. The fourth-order valence-electron chi connectivity index (χ4n) is 2.24. The predicted octanol–water partition coefficient (Wildman–Crippen LogP) is 1.42. The van der Waals surface area contributed by atoms with Crippen LogP contribution in [0.1, 0.15) is 39.5 Å². The lowest BCUT2D eigenvalue weighted by Crippen LogP contribution is -2.16. The quantitative estimate of drug-likeness (QED) is 0.677. The maximum absolute atomic E-state index is 12.5. The van der Waals surface area contributed by atoms with Gasteiger partial charge in [-0.2, -0.15) is 15.0 Å². The second kappa shape index (κ2) is 6.63. The Balaban J connectivity index is 1.75. The number of carbonyl (C=O) groups excluding carboxylic acids is 2. The van der Waals surface area contributed by atoms with Gasteiger partial charge < -0.3 is 21.5 Å². The van der Waals surface area contributed by atoms with E-state index in [0.29, 0.717) is 10.6 Å². The third kappa shape index (κ3) is 3.85. The first-order valence-corrected chi connectivity index (χ1v) is 8.50. The van der Waals surface area contributed by atoms with Crippen molar-refractivity contribution in [2.45, 2.75) is 33.3 Å². The lowest BCUT2D eigenvalue weighted by molar-refractivity contribution is -0.117. The molecule has 0 aliphatic heterocycles. The maximum Gasteiger partial charge on any atom is 0.341 e. The number of thiophene rings is 1. The van der Waals surface area contributed by atoms with Crippen molar-refractivity contribution in [1.29, 1.82) is 0 Å². The van der Waals surface area contributed by atoms with Gasteiger partial charge in [-0.1, -0.05) is 0 Å². The molecule has 1 amide bonds. The molecule has 132 valence electrons. The Morgan fingerprint density at radius 2 is 1.84 bits per heavy atom. The number of esters is 1. The molecule has 9 nitrogen and oxygen atoms in total. The average molecular weight is 362 g/mol. The van der Waals surface area contributed by atoms with Crippen LogP contribution in [0.3, 0.4) is 0 Å². The summed E-state index contributed by atoms with van der Waals surface area (Å²) in [6.45, 7) is 3.51. The first kappa shape index (κ1) is 17.1. The van der Waals surface area contributed by atoms with Gasteiger partial charge in [0, 0.05) is 10.8 Å². The van der Waals surface area contributed by atoms with E-state index in [2.05, 4.69) is 20.3 Å². The molecule has 0 bridgehead atoms. The molecule has 0 radical (unpaired) electrons. The fourth-order valence-corrected chi connectivity index (χ4v) is 3.30. The van der Waals surface area contributed by atoms with Gasteiger partial charge in [0.2, 0.25) is 17.8 Å². The van der Waals surface area contributed by atoms with E-state index < -0.39 is 5.97 Å². The summed E-state index contributed by atoms with van der Waals surface area (Å²) < 4.78 is 5.27. The van der Waals surface area contributed by atoms with Crippen LogP contribution in [0.4, 0.5) is 16.9 Å². The van der Waals surface area contributed by atoms with Crippen molar-refractivity contribution >= 4 is 40.1 Å². The van der Waals surface area contributed by atoms with Gasteiger partial charge in [0.05, 0.1) is 5.56 Å². The van der Waals surface area contributed by atoms with Crippen molar-refractivity contribution in [3.63, 3.8) is 0 Å². The van der Waals surface area contributed by atoms with Gasteiger partial charge in [0.1, 0.15) is 5.00 Å². The Bertz CT molecular complexity index is 826. The average Bonchev–Trinajstić information content (AvgIpc) is 3.33. The van der Waals surface area contributed by atoms with Crippen LogP contribution < -0.4 is 16.8 Å². The van der Waals surface area contributed by atoms with Crippen LogP contribution in [0.15, 0.2) is 0 Å². The molecule has 25 heavy (non-hydrogen) atoms. The number of carbonyl (C=O) groups is 2. The van der Waals surface area contributed by atoms with Crippen LogP contribution in [0.2, 0.25) is 0 Å². The van der Waals surface area contributed by atoms with Gasteiger partial charge in [-0.05, 0) is 32.3 Å². The number of aromatic nitrogens is 3. The molecule has 2 aromatic heterocycles. The molecule has 0 saturated heterocycles. The van der Waals surface area contributed by atoms with E-state index >= 15 is 0 Å². The molecular weight excluding hydrogens is 344 g/mol. The Labute approximate surface area is 147 Å². The van der Waals surface area contributed by atoms with E-state index in [4.69, 9.17) is 16.2 Å². The molecule has 0 unspecified atom stereocenters. The topological polar surface area (TPSA) is 146 Å². The predicted molar refractivity (Wildman–Crippen MR) is 92.9 cm³/mol. The lowest BCUT2D eigenvalue weighted by atomic mass is 10.1. The van der Waals surface area contributed by atoms with E-state index in [-0.39, 0.29) is 36.2 Å². The summed E-state index contributed by atoms with van der Waals surface area (Å²) in [5.74, 6) is -0.509. The summed E-state index contributed by atoms with van der Waals surface area (Å²) in [5, 5.41) is 3.34. The zero-order chi connectivity index (χ0) is 18.1.